The van der Waals surface area contributed by atoms with Crippen LogP contribution >= 0.6 is 34.5 Å². The van der Waals surface area contributed by atoms with Crippen molar-refractivity contribution in [1.82, 2.24) is 4.98 Å². The first-order chi connectivity index (χ1) is 18.0. The number of aryl methyl sites for hydroxylation is 1. The second-order valence-corrected chi connectivity index (χ2v) is 10.5. The molecule has 4 aromatic carbocycles. The van der Waals surface area contributed by atoms with Gasteiger partial charge in [0.25, 0.3) is 0 Å². The van der Waals surface area contributed by atoms with Crippen LogP contribution in [0.5, 0.6) is 11.5 Å². The van der Waals surface area contributed by atoms with Gasteiger partial charge in [-0.15, -0.1) is 11.3 Å². The highest BCUT2D eigenvalue weighted by atomic mass is 35.5. The summed E-state index contributed by atoms with van der Waals surface area (Å²) in [5.74, 6) is 1.38. The zero-order valence-electron chi connectivity index (χ0n) is 20.6. The van der Waals surface area contributed by atoms with Crippen molar-refractivity contribution in [2.75, 3.05) is 11.9 Å². The van der Waals surface area contributed by atoms with Gasteiger partial charge in [0.05, 0.1) is 16.8 Å². The van der Waals surface area contributed by atoms with Crippen LogP contribution in [0.4, 0.5) is 5.69 Å². The third kappa shape index (κ3) is 6.19. The summed E-state index contributed by atoms with van der Waals surface area (Å²) in [7, 11) is 0. The molecule has 1 heterocycles. The summed E-state index contributed by atoms with van der Waals surface area (Å²) >= 11 is 14.0. The van der Waals surface area contributed by atoms with Crippen LogP contribution in [-0.4, -0.2) is 11.6 Å². The minimum absolute atomic E-state index is 0.328. The fourth-order valence-electron chi connectivity index (χ4n) is 3.93. The van der Waals surface area contributed by atoms with Crippen LogP contribution in [0, 0.1) is 6.92 Å². The normalized spacial score (nSPS) is 11.0. The monoisotopic (exact) mass is 548 g/mol. The molecule has 0 aliphatic rings. The average molecular weight is 550 g/mol. The highest BCUT2D eigenvalue weighted by Crippen LogP contribution is 2.33. The molecule has 0 saturated heterocycles. The predicted molar refractivity (Wildman–Crippen MR) is 156 cm³/mol. The largest absolute Gasteiger partial charge is 0.490 e. The zero-order valence-corrected chi connectivity index (χ0v) is 22.9. The van der Waals surface area contributed by atoms with Crippen LogP contribution in [-0.2, 0) is 13.2 Å². The van der Waals surface area contributed by atoms with Crippen molar-refractivity contribution >= 4 is 50.4 Å². The molecule has 0 fully saturated rings. The van der Waals surface area contributed by atoms with Crippen molar-refractivity contribution in [2.24, 2.45) is 0 Å². The maximum Gasteiger partial charge on any atom is 0.161 e. The molecular weight excluding hydrogens is 523 g/mol. The molecule has 5 aromatic rings. The van der Waals surface area contributed by atoms with Gasteiger partial charge < -0.3 is 14.8 Å². The van der Waals surface area contributed by atoms with Crippen LogP contribution in [0.15, 0.2) is 78.9 Å². The molecule has 188 valence electrons. The molecule has 1 aromatic heterocycles. The van der Waals surface area contributed by atoms with Gasteiger partial charge in [-0.2, -0.15) is 0 Å². The quantitative estimate of drug-likeness (QED) is 0.199. The third-order valence-corrected chi connectivity index (χ3v) is 7.53. The number of anilines is 1. The Kier molecular flexibility index (Phi) is 7.85. The summed E-state index contributed by atoms with van der Waals surface area (Å²) < 4.78 is 13.1. The van der Waals surface area contributed by atoms with Crippen molar-refractivity contribution in [3.8, 4) is 22.1 Å². The molecule has 0 radical (unpaired) electrons. The number of aromatic nitrogens is 1. The first kappa shape index (κ1) is 25.4. The second-order valence-electron chi connectivity index (χ2n) is 8.66. The molecule has 0 aliphatic heterocycles. The zero-order chi connectivity index (χ0) is 25.8. The Balaban J connectivity index is 1.24. The Morgan fingerprint density at radius 1 is 0.865 bits per heavy atom. The van der Waals surface area contributed by atoms with Crippen molar-refractivity contribution in [1.29, 1.82) is 0 Å². The Bertz CT molecular complexity index is 1530. The molecule has 0 spiro atoms. The minimum atomic E-state index is 0.328. The van der Waals surface area contributed by atoms with E-state index in [0.29, 0.717) is 41.3 Å². The number of rotatable bonds is 9. The Morgan fingerprint density at radius 2 is 1.70 bits per heavy atom. The van der Waals surface area contributed by atoms with Crippen molar-refractivity contribution in [2.45, 2.75) is 27.0 Å². The summed E-state index contributed by atoms with van der Waals surface area (Å²) in [4.78, 5) is 4.78. The average Bonchev–Trinajstić information content (AvgIpc) is 3.31. The Hall–Kier alpha value is -3.25. The molecule has 0 atom stereocenters. The van der Waals surface area contributed by atoms with E-state index >= 15 is 0 Å². The lowest BCUT2D eigenvalue weighted by Gasteiger charge is -2.15. The molecule has 0 unspecified atom stereocenters. The predicted octanol–water partition coefficient (Wildman–Crippen LogP) is 9.17. The summed E-state index contributed by atoms with van der Waals surface area (Å²) in [6, 6.07) is 26.1. The van der Waals surface area contributed by atoms with E-state index < -0.39 is 0 Å². The van der Waals surface area contributed by atoms with E-state index in [0.717, 1.165) is 32.9 Å². The summed E-state index contributed by atoms with van der Waals surface area (Å²) in [5.41, 5.74) is 6.40. The fraction of sp³-hybridized carbons (Fsp3) is 0.167. The number of ether oxygens (including phenoxy) is 2. The van der Waals surface area contributed by atoms with E-state index in [1.807, 2.05) is 31.2 Å². The van der Waals surface area contributed by atoms with Crippen LogP contribution in [0.1, 0.15) is 23.6 Å². The highest BCUT2D eigenvalue weighted by Gasteiger charge is 2.10. The molecule has 7 heteroatoms. The minimum Gasteiger partial charge on any atom is -0.490 e. The molecule has 5 rings (SSSR count). The van der Waals surface area contributed by atoms with Gasteiger partial charge in [0.1, 0.15) is 11.6 Å². The van der Waals surface area contributed by atoms with Gasteiger partial charge in [-0.05, 0) is 85.6 Å². The first-order valence-electron chi connectivity index (χ1n) is 12.0. The number of fused-ring (bicyclic) bond motifs is 1. The Morgan fingerprint density at radius 3 is 2.49 bits per heavy atom. The number of nitrogens with one attached hydrogen (secondary N) is 1. The lowest BCUT2D eigenvalue weighted by Crippen LogP contribution is -2.03. The van der Waals surface area contributed by atoms with Gasteiger partial charge >= 0.3 is 0 Å². The molecular formula is C30H26Cl2N2O2S. The SMILES string of the molecule is CCOc1cc(CNc2ccc(-c3nc4ccc(C)cc4s3)cc2)ccc1OCc1ccc(Cl)cc1Cl. The van der Waals surface area contributed by atoms with Gasteiger partial charge in [0.15, 0.2) is 11.5 Å². The third-order valence-electron chi connectivity index (χ3n) is 5.88. The van der Waals surface area contributed by atoms with Gasteiger partial charge in [-0.1, -0.05) is 41.4 Å². The number of nitrogens with zero attached hydrogens (tertiary/aromatic N) is 1. The van der Waals surface area contributed by atoms with Crippen molar-refractivity contribution in [3.05, 3.63) is 106 Å². The number of hydrogen-bond donors (Lipinski definition) is 1. The molecule has 0 bridgehead atoms. The molecule has 1 N–H and O–H groups in total. The first-order valence-corrected chi connectivity index (χ1v) is 13.6. The molecule has 4 nitrogen and oxygen atoms in total. The van der Waals surface area contributed by atoms with Gasteiger partial charge in [0.2, 0.25) is 0 Å². The molecule has 0 aliphatic carbocycles. The second kappa shape index (κ2) is 11.4. The van der Waals surface area contributed by atoms with Crippen molar-refractivity contribution < 1.29 is 9.47 Å². The van der Waals surface area contributed by atoms with Crippen LogP contribution in [0.25, 0.3) is 20.8 Å². The standard InChI is InChI=1S/C30H26Cl2N2O2S/c1-3-35-28-15-20(5-13-27(28)36-18-22-6-9-23(31)16-25(22)32)17-33-24-10-7-21(8-11-24)30-34-26-12-4-19(2)14-29(26)37-30/h4-16,33H,3,17-18H2,1-2H3. The van der Waals surface area contributed by atoms with Crippen molar-refractivity contribution in [3.63, 3.8) is 0 Å². The summed E-state index contributed by atoms with van der Waals surface area (Å²) in [6.07, 6.45) is 0. The van der Waals surface area contributed by atoms with Crippen LogP contribution < -0.4 is 14.8 Å². The topological polar surface area (TPSA) is 43.4 Å². The van der Waals surface area contributed by atoms with Gasteiger partial charge in [-0.3, -0.25) is 0 Å². The van der Waals surface area contributed by atoms with Gasteiger partial charge in [0, 0.05) is 33.4 Å². The fourth-order valence-corrected chi connectivity index (χ4v) is 5.47. The number of thiazole rings is 1. The number of hydrogen-bond acceptors (Lipinski definition) is 5. The Labute approximate surface area is 230 Å². The molecule has 0 amide bonds. The highest BCUT2D eigenvalue weighted by molar-refractivity contribution is 7.21. The van der Waals surface area contributed by atoms with Gasteiger partial charge in [-0.25, -0.2) is 4.98 Å². The number of halogens is 2. The van der Waals surface area contributed by atoms with E-state index in [9.17, 15) is 0 Å². The van der Waals surface area contributed by atoms with E-state index in [1.54, 1.807) is 23.5 Å². The number of benzene rings is 4. The lowest BCUT2D eigenvalue weighted by atomic mass is 10.1. The maximum atomic E-state index is 6.28. The maximum absolute atomic E-state index is 6.28. The molecule has 37 heavy (non-hydrogen) atoms. The summed E-state index contributed by atoms with van der Waals surface area (Å²) in [6.45, 7) is 5.59. The van der Waals surface area contributed by atoms with Crippen LogP contribution in [0.2, 0.25) is 10.0 Å². The smallest absolute Gasteiger partial charge is 0.161 e. The van der Waals surface area contributed by atoms with E-state index in [1.165, 1.54) is 10.3 Å². The molecule has 0 saturated carbocycles. The van der Waals surface area contributed by atoms with Crippen LogP contribution in [0.3, 0.4) is 0 Å². The van der Waals surface area contributed by atoms with E-state index in [2.05, 4.69) is 54.7 Å². The van der Waals surface area contributed by atoms with E-state index in [-0.39, 0.29) is 0 Å². The van der Waals surface area contributed by atoms with E-state index in [4.69, 9.17) is 37.7 Å². The summed E-state index contributed by atoms with van der Waals surface area (Å²) in [5, 5.41) is 5.70. The lowest BCUT2D eigenvalue weighted by molar-refractivity contribution is 0.269.